The van der Waals surface area contributed by atoms with E-state index in [4.69, 9.17) is 4.74 Å². The van der Waals surface area contributed by atoms with Gasteiger partial charge in [-0.3, -0.25) is 9.59 Å². The summed E-state index contributed by atoms with van der Waals surface area (Å²) < 4.78 is 5.57. The highest BCUT2D eigenvalue weighted by Gasteiger charge is 2.34. The van der Waals surface area contributed by atoms with Crippen molar-refractivity contribution >= 4 is 11.7 Å². The number of ketones is 1. The molecule has 5 nitrogen and oxygen atoms in total. The van der Waals surface area contributed by atoms with Crippen LogP contribution in [0.5, 0.6) is 0 Å². The Morgan fingerprint density at radius 2 is 1.90 bits per heavy atom. The van der Waals surface area contributed by atoms with E-state index in [2.05, 4.69) is 0 Å². The van der Waals surface area contributed by atoms with E-state index in [1.807, 2.05) is 27.7 Å². The van der Waals surface area contributed by atoms with Gasteiger partial charge in [-0.1, -0.05) is 13.8 Å². The van der Waals surface area contributed by atoms with Crippen molar-refractivity contribution < 1.29 is 19.4 Å². The van der Waals surface area contributed by atoms with E-state index in [0.29, 0.717) is 38.8 Å². The third-order valence-corrected chi connectivity index (χ3v) is 3.79. The lowest BCUT2D eigenvalue weighted by atomic mass is 10.0. The Labute approximate surface area is 127 Å². The third kappa shape index (κ3) is 6.14. The smallest absolute Gasteiger partial charge is 0.223 e. The molecule has 1 aliphatic rings. The first-order chi connectivity index (χ1) is 9.81. The summed E-state index contributed by atoms with van der Waals surface area (Å²) in [7, 11) is 0. The first-order valence-electron chi connectivity index (χ1n) is 7.93. The summed E-state index contributed by atoms with van der Waals surface area (Å²) in [6.07, 6.45) is 1.62. The van der Waals surface area contributed by atoms with Crippen LogP contribution in [0.2, 0.25) is 0 Å². The fourth-order valence-corrected chi connectivity index (χ4v) is 2.51. The average Bonchev–Trinajstić information content (AvgIpc) is 2.77. The largest absolute Gasteiger partial charge is 0.391 e. The molecule has 122 valence electrons. The maximum absolute atomic E-state index is 12.2. The molecule has 1 saturated heterocycles. The summed E-state index contributed by atoms with van der Waals surface area (Å²) in [6, 6.07) is -0.0456. The molecule has 1 rings (SSSR count). The molecule has 1 heterocycles. The zero-order valence-corrected chi connectivity index (χ0v) is 13.7. The van der Waals surface area contributed by atoms with Gasteiger partial charge in [-0.15, -0.1) is 0 Å². The molecular weight excluding hydrogens is 270 g/mol. The van der Waals surface area contributed by atoms with Gasteiger partial charge >= 0.3 is 0 Å². The summed E-state index contributed by atoms with van der Waals surface area (Å²) in [5.41, 5.74) is 0. The number of nitrogens with zero attached hydrogens (tertiary/aromatic N) is 1. The zero-order chi connectivity index (χ0) is 16.0. The van der Waals surface area contributed by atoms with Crippen molar-refractivity contribution in [2.45, 2.75) is 71.6 Å². The second-order valence-corrected chi connectivity index (χ2v) is 6.45. The van der Waals surface area contributed by atoms with Crippen LogP contribution in [0.25, 0.3) is 0 Å². The molecule has 21 heavy (non-hydrogen) atoms. The van der Waals surface area contributed by atoms with Crippen LogP contribution in [0.1, 0.15) is 53.4 Å². The molecule has 1 N–H and O–H groups in total. The fourth-order valence-electron chi connectivity index (χ4n) is 2.51. The van der Waals surface area contributed by atoms with Gasteiger partial charge in [0.1, 0.15) is 5.78 Å². The summed E-state index contributed by atoms with van der Waals surface area (Å²) in [4.78, 5) is 25.5. The predicted octanol–water partition coefficient (Wildman–Crippen LogP) is 1.77. The van der Waals surface area contributed by atoms with Crippen LogP contribution in [-0.2, 0) is 14.3 Å². The van der Waals surface area contributed by atoms with Crippen molar-refractivity contribution in [2.75, 3.05) is 13.2 Å². The molecule has 0 aromatic heterocycles. The number of rotatable bonds is 8. The molecule has 1 fully saturated rings. The number of β-amino-alcohol motifs (C(OH)–C–C–N with tert-alkyl or cyclic N) is 1. The minimum absolute atomic E-state index is 0.0143. The minimum Gasteiger partial charge on any atom is -0.391 e. The Balaban J connectivity index is 2.41. The Morgan fingerprint density at radius 1 is 1.24 bits per heavy atom. The Kier molecular flexibility index (Phi) is 7.32. The highest BCUT2D eigenvalue weighted by atomic mass is 16.5. The molecule has 0 unspecified atom stereocenters. The molecule has 1 amide bonds. The van der Waals surface area contributed by atoms with E-state index >= 15 is 0 Å². The van der Waals surface area contributed by atoms with E-state index in [0.717, 1.165) is 0 Å². The van der Waals surface area contributed by atoms with Crippen LogP contribution in [0.3, 0.4) is 0 Å². The van der Waals surface area contributed by atoms with Crippen molar-refractivity contribution in [3.8, 4) is 0 Å². The normalized spacial score (nSPS) is 22.3. The van der Waals surface area contributed by atoms with Crippen LogP contribution >= 0.6 is 0 Å². The van der Waals surface area contributed by atoms with E-state index in [1.165, 1.54) is 0 Å². The Morgan fingerprint density at radius 3 is 2.48 bits per heavy atom. The number of carbonyl (C=O) groups is 2. The van der Waals surface area contributed by atoms with Crippen molar-refractivity contribution in [1.82, 2.24) is 4.90 Å². The maximum Gasteiger partial charge on any atom is 0.223 e. The molecule has 2 atom stereocenters. The molecule has 0 spiro atoms. The minimum atomic E-state index is -0.466. The number of aliphatic hydroxyl groups excluding tert-OH is 1. The van der Waals surface area contributed by atoms with Crippen LogP contribution in [0.4, 0.5) is 0 Å². The molecule has 0 radical (unpaired) electrons. The van der Waals surface area contributed by atoms with Crippen molar-refractivity contribution in [3.63, 3.8) is 0 Å². The molecule has 0 aromatic carbocycles. The first kappa shape index (κ1) is 18.1. The number of likely N-dealkylation sites (tertiary alicyclic amines) is 1. The average molecular weight is 299 g/mol. The number of aliphatic hydroxyl groups is 1. The van der Waals surface area contributed by atoms with Gasteiger partial charge in [-0.2, -0.15) is 0 Å². The number of Topliss-reactive ketones (excluding diaryl/α,β-unsaturated/α-hetero) is 1. The van der Waals surface area contributed by atoms with Crippen molar-refractivity contribution in [2.24, 2.45) is 5.92 Å². The maximum atomic E-state index is 12.2. The fraction of sp³-hybridized carbons (Fsp3) is 0.875. The highest BCUT2D eigenvalue weighted by Crippen LogP contribution is 2.20. The van der Waals surface area contributed by atoms with Crippen LogP contribution in [0.15, 0.2) is 0 Å². The van der Waals surface area contributed by atoms with E-state index in [-0.39, 0.29) is 29.8 Å². The quantitative estimate of drug-likeness (QED) is 0.742. The molecule has 5 heteroatoms. The lowest BCUT2D eigenvalue weighted by Crippen LogP contribution is -2.39. The molecular formula is C16H29NO4. The zero-order valence-electron chi connectivity index (χ0n) is 13.7. The summed E-state index contributed by atoms with van der Waals surface area (Å²) in [5.74, 6) is 0.241. The lowest BCUT2D eigenvalue weighted by molar-refractivity contribution is -0.134. The number of hydrogen-bond donors (Lipinski definition) is 1. The molecule has 0 aromatic rings. The van der Waals surface area contributed by atoms with Crippen LogP contribution in [0, 0.1) is 5.92 Å². The summed E-state index contributed by atoms with van der Waals surface area (Å²) >= 11 is 0. The van der Waals surface area contributed by atoms with E-state index in [9.17, 15) is 14.7 Å². The van der Waals surface area contributed by atoms with Gasteiger partial charge in [0.25, 0.3) is 0 Å². The van der Waals surface area contributed by atoms with Gasteiger partial charge < -0.3 is 14.7 Å². The first-order valence-corrected chi connectivity index (χ1v) is 7.93. The van der Waals surface area contributed by atoms with Gasteiger partial charge in [0.05, 0.1) is 24.9 Å². The van der Waals surface area contributed by atoms with Crippen LogP contribution < -0.4 is 0 Å². The molecule has 0 saturated carbocycles. The van der Waals surface area contributed by atoms with E-state index in [1.54, 1.807) is 4.90 Å². The number of carbonyl (C=O) groups excluding carboxylic acids is 2. The molecule has 0 aliphatic carbocycles. The standard InChI is InChI=1S/C16H29NO4/c1-11(2)15(19)6-5-7-16(20)17-9-14(18)8-13(17)10-21-12(3)4/h11-14,18H,5-10H2,1-4H3/t13-,14-/m0/s1. The molecule has 1 aliphatic heterocycles. The third-order valence-electron chi connectivity index (χ3n) is 3.79. The monoisotopic (exact) mass is 299 g/mol. The van der Waals surface area contributed by atoms with Crippen molar-refractivity contribution in [1.29, 1.82) is 0 Å². The van der Waals surface area contributed by atoms with E-state index < -0.39 is 6.10 Å². The molecule has 0 bridgehead atoms. The number of ether oxygens (including phenoxy) is 1. The predicted molar refractivity (Wildman–Crippen MR) is 80.9 cm³/mol. The van der Waals surface area contributed by atoms with Gasteiger partial charge in [0.15, 0.2) is 0 Å². The van der Waals surface area contributed by atoms with Crippen molar-refractivity contribution in [3.05, 3.63) is 0 Å². The van der Waals surface area contributed by atoms with Gasteiger partial charge in [0.2, 0.25) is 5.91 Å². The second kappa shape index (κ2) is 8.49. The van der Waals surface area contributed by atoms with Crippen LogP contribution in [-0.4, -0.2) is 53.1 Å². The second-order valence-electron chi connectivity index (χ2n) is 6.45. The van der Waals surface area contributed by atoms with Gasteiger partial charge in [0, 0.05) is 25.3 Å². The number of hydrogen-bond acceptors (Lipinski definition) is 4. The SMILES string of the molecule is CC(C)OC[C@@H]1C[C@H](O)CN1C(=O)CCCC(=O)C(C)C. The van der Waals surface area contributed by atoms with Gasteiger partial charge in [-0.05, 0) is 26.7 Å². The number of amides is 1. The Hall–Kier alpha value is -0.940. The Bertz CT molecular complexity index is 354. The highest BCUT2D eigenvalue weighted by molar-refractivity contribution is 5.81. The summed E-state index contributed by atoms with van der Waals surface area (Å²) in [5, 5.41) is 9.77. The van der Waals surface area contributed by atoms with Gasteiger partial charge in [-0.25, -0.2) is 0 Å². The summed E-state index contributed by atoms with van der Waals surface area (Å²) in [6.45, 7) is 8.50. The topological polar surface area (TPSA) is 66.8 Å². The lowest BCUT2D eigenvalue weighted by Gasteiger charge is -2.25.